The Balaban J connectivity index is 2.07. The fourth-order valence-electron chi connectivity index (χ4n) is 2.37. The van der Waals surface area contributed by atoms with Gasteiger partial charge < -0.3 is 4.90 Å². The molecule has 3 amide bonds. The van der Waals surface area contributed by atoms with Crippen LogP contribution in [0.25, 0.3) is 0 Å². The molecule has 0 spiro atoms. The minimum atomic E-state index is -0.0793. The molecule has 1 aliphatic carbocycles. The van der Waals surface area contributed by atoms with Gasteiger partial charge in [0.2, 0.25) is 5.91 Å². The van der Waals surface area contributed by atoms with E-state index >= 15 is 0 Å². The van der Waals surface area contributed by atoms with Crippen molar-refractivity contribution in [3.05, 3.63) is 0 Å². The summed E-state index contributed by atoms with van der Waals surface area (Å²) in [4.78, 5) is 26.3. The predicted molar refractivity (Wildman–Crippen MR) is 51.7 cm³/mol. The zero-order valence-electron chi connectivity index (χ0n) is 8.53. The molecule has 2 rings (SSSR count). The monoisotopic (exact) mass is 196 g/mol. The molecule has 0 aromatic rings. The number of hydrogen-bond donors (Lipinski definition) is 0. The molecule has 0 aromatic heterocycles. The van der Waals surface area contributed by atoms with E-state index in [9.17, 15) is 9.59 Å². The molecule has 4 heteroatoms. The molecule has 2 aliphatic rings. The molecule has 4 nitrogen and oxygen atoms in total. The molecular weight excluding hydrogens is 180 g/mol. The third-order valence-corrected chi connectivity index (χ3v) is 3.16. The zero-order chi connectivity index (χ0) is 10.1. The van der Waals surface area contributed by atoms with Gasteiger partial charge in [-0.1, -0.05) is 12.8 Å². The van der Waals surface area contributed by atoms with Gasteiger partial charge in [-0.05, 0) is 19.8 Å². The van der Waals surface area contributed by atoms with Crippen molar-refractivity contribution in [2.75, 3.05) is 13.1 Å². The standard InChI is InChI=1S/C10H16N2O2/c1-2-11-9(13)7-12(10(11)14)8-5-3-4-6-8/h8H,2-7H2,1H3. The Kier molecular flexibility index (Phi) is 2.44. The van der Waals surface area contributed by atoms with Crippen LogP contribution in [0.4, 0.5) is 4.79 Å². The summed E-state index contributed by atoms with van der Waals surface area (Å²) in [6, 6.07) is 0.243. The van der Waals surface area contributed by atoms with Gasteiger partial charge in [-0.3, -0.25) is 9.69 Å². The van der Waals surface area contributed by atoms with Gasteiger partial charge in [0, 0.05) is 12.6 Å². The number of carbonyl (C=O) groups is 2. The van der Waals surface area contributed by atoms with Gasteiger partial charge >= 0.3 is 6.03 Å². The van der Waals surface area contributed by atoms with Crippen molar-refractivity contribution in [2.24, 2.45) is 0 Å². The number of likely N-dealkylation sites (N-methyl/N-ethyl adjacent to an activating group) is 1. The van der Waals surface area contributed by atoms with Gasteiger partial charge in [-0.2, -0.15) is 0 Å². The topological polar surface area (TPSA) is 40.6 Å². The fourth-order valence-corrected chi connectivity index (χ4v) is 2.37. The van der Waals surface area contributed by atoms with Gasteiger partial charge in [-0.25, -0.2) is 4.79 Å². The van der Waals surface area contributed by atoms with Crippen LogP contribution in [0.3, 0.4) is 0 Å². The number of nitrogens with zero attached hydrogens (tertiary/aromatic N) is 2. The first-order chi connectivity index (χ1) is 6.74. The smallest absolute Gasteiger partial charge is 0.312 e. The van der Waals surface area contributed by atoms with Gasteiger partial charge in [0.1, 0.15) is 6.54 Å². The molecule has 0 N–H and O–H groups in total. The van der Waals surface area contributed by atoms with Crippen LogP contribution in [0.15, 0.2) is 0 Å². The summed E-state index contributed by atoms with van der Waals surface area (Å²) in [7, 11) is 0. The summed E-state index contributed by atoms with van der Waals surface area (Å²) in [5.74, 6) is -0.0376. The predicted octanol–water partition coefficient (Wildman–Crippen LogP) is 1.21. The SMILES string of the molecule is CCN1C(=O)CN(C2CCCC2)C1=O. The van der Waals surface area contributed by atoms with Crippen molar-refractivity contribution < 1.29 is 9.59 Å². The fraction of sp³-hybridized carbons (Fsp3) is 0.800. The lowest BCUT2D eigenvalue weighted by atomic mass is 10.2. The summed E-state index contributed by atoms with van der Waals surface area (Å²) in [5.41, 5.74) is 0. The van der Waals surface area contributed by atoms with Gasteiger partial charge in [0.05, 0.1) is 0 Å². The second kappa shape index (κ2) is 3.59. The molecule has 1 aliphatic heterocycles. The van der Waals surface area contributed by atoms with Crippen molar-refractivity contribution in [1.82, 2.24) is 9.80 Å². The number of carbonyl (C=O) groups excluding carboxylic acids is 2. The third kappa shape index (κ3) is 1.38. The second-order valence-electron chi connectivity index (χ2n) is 3.99. The molecule has 0 radical (unpaired) electrons. The first kappa shape index (κ1) is 9.49. The molecule has 2 fully saturated rings. The van der Waals surface area contributed by atoms with Crippen molar-refractivity contribution in [3.63, 3.8) is 0 Å². The molecule has 0 atom stereocenters. The van der Waals surface area contributed by atoms with Crippen molar-refractivity contribution in [2.45, 2.75) is 38.6 Å². The van der Waals surface area contributed by atoms with Gasteiger partial charge in [-0.15, -0.1) is 0 Å². The van der Waals surface area contributed by atoms with E-state index in [1.54, 1.807) is 4.90 Å². The lowest BCUT2D eigenvalue weighted by Crippen LogP contribution is -2.37. The highest BCUT2D eigenvalue weighted by atomic mass is 16.2. The quantitative estimate of drug-likeness (QED) is 0.623. The van der Waals surface area contributed by atoms with Crippen molar-refractivity contribution in [3.8, 4) is 0 Å². The van der Waals surface area contributed by atoms with Crippen LogP contribution in [0.1, 0.15) is 32.6 Å². The van der Waals surface area contributed by atoms with Crippen LogP contribution in [-0.2, 0) is 4.79 Å². The highest BCUT2D eigenvalue weighted by Crippen LogP contribution is 2.26. The van der Waals surface area contributed by atoms with Crippen LogP contribution in [0, 0.1) is 0 Å². The Morgan fingerprint density at radius 2 is 1.93 bits per heavy atom. The zero-order valence-corrected chi connectivity index (χ0v) is 8.53. The third-order valence-electron chi connectivity index (χ3n) is 3.16. The minimum absolute atomic E-state index is 0.0376. The van der Waals surface area contributed by atoms with Crippen LogP contribution in [0.2, 0.25) is 0 Å². The van der Waals surface area contributed by atoms with E-state index in [2.05, 4.69) is 0 Å². The molecule has 78 valence electrons. The minimum Gasteiger partial charge on any atom is -0.312 e. The van der Waals surface area contributed by atoms with E-state index in [0.29, 0.717) is 19.1 Å². The maximum Gasteiger partial charge on any atom is 0.327 e. The Morgan fingerprint density at radius 3 is 2.43 bits per heavy atom. The molecule has 0 bridgehead atoms. The van der Waals surface area contributed by atoms with Crippen LogP contribution in [0.5, 0.6) is 0 Å². The average molecular weight is 196 g/mol. The summed E-state index contributed by atoms with van der Waals surface area (Å²) < 4.78 is 0. The number of amides is 3. The summed E-state index contributed by atoms with van der Waals surface area (Å²) in [6.07, 6.45) is 4.51. The Bertz CT molecular complexity index is 259. The maximum absolute atomic E-state index is 11.8. The molecule has 14 heavy (non-hydrogen) atoms. The van der Waals surface area contributed by atoms with E-state index in [1.165, 1.54) is 17.7 Å². The molecule has 1 saturated carbocycles. The van der Waals surface area contributed by atoms with E-state index < -0.39 is 0 Å². The number of hydrogen-bond acceptors (Lipinski definition) is 2. The first-order valence-electron chi connectivity index (χ1n) is 5.35. The maximum atomic E-state index is 11.8. The van der Waals surface area contributed by atoms with Crippen LogP contribution in [-0.4, -0.2) is 40.9 Å². The summed E-state index contributed by atoms with van der Waals surface area (Å²) >= 11 is 0. The average Bonchev–Trinajstić information content (AvgIpc) is 2.74. The summed E-state index contributed by atoms with van der Waals surface area (Å²) in [5, 5.41) is 0. The van der Waals surface area contributed by atoms with E-state index in [-0.39, 0.29) is 11.9 Å². The second-order valence-corrected chi connectivity index (χ2v) is 3.99. The lowest BCUT2D eigenvalue weighted by molar-refractivity contribution is -0.125. The molecule has 1 heterocycles. The number of urea groups is 1. The lowest BCUT2D eigenvalue weighted by Gasteiger charge is -2.22. The Morgan fingerprint density at radius 1 is 1.29 bits per heavy atom. The molecule has 0 aromatic carbocycles. The van der Waals surface area contributed by atoms with E-state index in [0.717, 1.165) is 12.8 Å². The van der Waals surface area contributed by atoms with Crippen molar-refractivity contribution in [1.29, 1.82) is 0 Å². The number of imide groups is 1. The molecule has 0 unspecified atom stereocenters. The Hall–Kier alpha value is -1.06. The highest BCUT2D eigenvalue weighted by Gasteiger charge is 2.39. The highest BCUT2D eigenvalue weighted by molar-refractivity contribution is 6.02. The summed E-state index contributed by atoms with van der Waals surface area (Å²) in [6.45, 7) is 2.65. The molecule has 1 saturated heterocycles. The van der Waals surface area contributed by atoms with E-state index in [1.807, 2.05) is 6.92 Å². The largest absolute Gasteiger partial charge is 0.327 e. The normalized spacial score (nSPS) is 24.1. The first-order valence-corrected chi connectivity index (χ1v) is 5.35. The Labute approximate surface area is 83.9 Å². The van der Waals surface area contributed by atoms with Gasteiger partial charge in [0.25, 0.3) is 0 Å². The van der Waals surface area contributed by atoms with Crippen LogP contribution < -0.4 is 0 Å². The van der Waals surface area contributed by atoms with Gasteiger partial charge in [0.15, 0.2) is 0 Å². The molecular formula is C10H16N2O2. The van der Waals surface area contributed by atoms with Crippen LogP contribution >= 0.6 is 0 Å². The van der Waals surface area contributed by atoms with E-state index in [4.69, 9.17) is 0 Å². The van der Waals surface area contributed by atoms with Crippen molar-refractivity contribution >= 4 is 11.9 Å². The number of rotatable bonds is 2.